The second-order valence-electron chi connectivity index (χ2n) is 3.99. The number of nitrogens with zero attached hydrogens (tertiary/aromatic N) is 2. The number of carboxylic acids is 1. The lowest BCUT2D eigenvalue weighted by Crippen LogP contribution is -2.48. The zero-order valence-electron chi connectivity index (χ0n) is 8.68. The van der Waals surface area contributed by atoms with Gasteiger partial charge in [-0.25, -0.2) is 14.8 Å². The Morgan fingerprint density at radius 1 is 1.56 bits per heavy atom. The first-order valence-corrected chi connectivity index (χ1v) is 5.11. The standard InChI is InChI=1S/C10H13N3O3/c14-6-10(3-1-4-10)13-9-11-5-2-7(12-9)8(15)16/h2,5,14H,1,3-4,6H2,(H,15,16)(H,11,12,13). The van der Waals surface area contributed by atoms with Gasteiger partial charge in [0, 0.05) is 6.20 Å². The third-order valence-corrected chi connectivity index (χ3v) is 2.86. The van der Waals surface area contributed by atoms with Crippen molar-refractivity contribution >= 4 is 11.9 Å². The maximum atomic E-state index is 10.7. The molecule has 16 heavy (non-hydrogen) atoms. The highest BCUT2D eigenvalue weighted by molar-refractivity contribution is 5.85. The van der Waals surface area contributed by atoms with Gasteiger partial charge in [0.05, 0.1) is 12.1 Å². The van der Waals surface area contributed by atoms with Gasteiger partial charge in [-0.3, -0.25) is 0 Å². The molecule has 0 saturated heterocycles. The molecule has 6 nitrogen and oxygen atoms in total. The highest BCUT2D eigenvalue weighted by Gasteiger charge is 2.36. The van der Waals surface area contributed by atoms with E-state index >= 15 is 0 Å². The Morgan fingerprint density at radius 2 is 2.31 bits per heavy atom. The lowest BCUT2D eigenvalue weighted by atomic mass is 9.77. The molecule has 1 aliphatic rings. The van der Waals surface area contributed by atoms with E-state index in [0.29, 0.717) is 0 Å². The third kappa shape index (κ3) is 1.96. The van der Waals surface area contributed by atoms with E-state index in [1.54, 1.807) is 0 Å². The van der Waals surface area contributed by atoms with Crippen LogP contribution in [0.1, 0.15) is 29.8 Å². The SMILES string of the molecule is O=C(O)c1ccnc(NC2(CO)CCC2)n1. The zero-order valence-corrected chi connectivity index (χ0v) is 8.68. The van der Waals surface area contributed by atoms with Crippen LogP contribution < -0.4 is 5.32 Å². The number of aliphatic hydroxyl groups excluding tert-OH is 1. The van der Waals surface area contributed by atoms with E-state index in [0.717, 1.165) is 19.3 Å². The maximum Gasteiger partial charge on any atom is 0.354 e. The average molecular weight is 223 g/mol. The van der Waals surface area contributed by atoms with Crippen molar-refractivity contribution in [1.82, 2.24) is 9.97 Å². The van der Waals surface area contributed by atoms with Gasteiger partial charge in [-0.05, 0) is 25.3 Å². The number of carbonyl (C=O) groups is 1. The number of rotatable bonds is 4. The molecule has 1 heterocycles. The first-order chi connectivity index (χ1) is 7.65. The van der Waals surface area contributed by atoms with Crippen molar-refractivity contribution in [2.75, 3.05) is 11.9 Å². The van der Waals surface area contributed by atoms with Crippen LogP contribution in [0.4, 0.5) is 5.95 Å². The largest absolute Gasteiger partial charge is 0.477 e. The number of aromatic carboxylic acids is 1. The van der Waals surface area contributed by atoms with Gasteiger partial charge in [0.25, 0.3) is 0 Å². The molecule has 0 radical (unpaired) electrons. The quantitative estimate of drug-likeness (QED) is 0.688. The second-order valence-corrected chi connectivity index (χ2v) is 3.99. The van der Waals surface area contributed by atoms with Crippen LogP contribution in [-0.2, 0) is 0 Å². The van der Waals surface area contributed by atoms with Crippen molar-refractivity contribution in [3.05, 3.63) is 18.0 Å². The van der Waals surface area contributed by atoms with Gasteiger partial charge in [-0.1, -0.05) is 0 Å². The summed E-state index contributed by atoms with van der Waals surface area (Å²) in [5, 5.41) is 21.0. The molecular weight excluding hydrogens is 210 g/mol. The summed E-state index contributed by atoms with van der Waals surface area (Å²) in [5.41, 5.74) is -0.415. The monoisotopic (exact) mass is 223 g/mol. The smallest absolute Gasteiger partial charge is 0.354 e. The normalized spacial score (nSPS) is 17.6. The first kappa shape index (κ1) is 10.8. The summed E-state index contributed by atoms with van der Waals surface area (Å²) in [7, 11) is 0. The molecule has 0 bridgehead atoms. The third-order valence-electron chi connectivity index (χ3n) is 2.86. The highest BCUT2D eigenvalue weighted by atomic mass is 16.4. The van der Waals surface area contributed by atoms with Gasteiger partial charge in [-0.2, -0.15) is 0 Å². The van der Waals surface area contributed by atoms with Crippen LogP contribution in [0.5, 0.6) is 0 Å². The molecule has 1 aliphatic carbocycles. The summed E-state index contributed by atoms with van der Waals surface area (Å²) < 4.78 is 0. The molecule has 1 aromatic heterocycles. The summed E-state index contributed by atoms with van der Waals surface area (Å²) in [4.78, 5) is 18.5. The van der Waals surface area contributed by atoms with Crippen molar-refractivity contribution in [3.8, 4) is 0 Å². The van der Waals surface area contributed by atoms with Gasteiger partial charge in [0.1, 0.15) is 0 Å². The highest BCUT2D eigenvalue weighted by Crippen LogP contribution is 2.33. The minimum absolute atomic E-state index is 0.00760. The lowest BCUT2D eigenvalue weighted by Gasteiger charge is -2.40. The van der Waals surface area contributed by atoms with Crippen LogP contribution in [0.25, 0.3) is 0 Å². The van der Waals surface area contributed by atoms with Gasteiger partial charge >= 0.3 is 5.97 Å². The van der Waals surface area contributed by atoms with Crippen molar-refractivity contribution in [2.45, 2.75) is 24.8 Å². The Kier molecular flexibility index (Phi) is 2.74. The van der Waals surface area contributed by atoms with E-state index in [1.807, 2.05) is 0 Å². The fraction of sp³-hybridized carbons (Fsp3) is 0.500. The molecule has 3 N–H and O–H groups in total. The number of nitrogens with one attached hydrogen (secondary N) is 1. The van der Waals surface area contributed by atoms with E-state index < -0.39 is 5.97 Å². The van der Waals surface area contributed by atoms with Gasteiger partial charge < -0.3 is 15.5 Å². The van der Waals surface area contributed by atoms with Gasteiger partial charge in [0.15, 0.2) is 5.69 Å². The van der Waals surface area contributed by atoms with Crippen molar-refractivity contribution in [2.24, 2.45) is 0 Å². The van der Waals surface area contributed by atoms with E-state index in [1.165, 1.54) is 12.3 Å². The van der Waals surface area contributed by atoms with Crippen molar-refractivity contribution < 1.29 is 15.0 Å². The molecule has 0 aliphatic heterocycles. The van der Waals surface area contributed by atoms with E-state index in [9.17, 15) is 9.90 Å². The van der Waals surface area contributed by atoms with Crippen LogP contribution in [0.2, 0.25) is 0 Å². The first-order valence-electron chi connectivity index (χ1n) is 5.11. The van der Waals surface area contributed by atoms with Crippen LogP contribution >= 0.6 is 0 Å². The Labute approximate surface area is 92.4 Å². The average Bonchev–Trinajstić information content (AvgIpc) is 2.24. The van der Waals surface area contributed by atoms with Crippen molar-refractivity contribution in [1.29, 1.82) is 0 Å². The Morgan fingerprint density at radius 3 is 2.81 bits per heavy atom. The summed E-state index contributed by atoms with van der Waals surface area (Å²) in [5.74, 6) is -0.828. The number of aliphatic hydroxyl groups is 1. The van der Waals surface area contributed by atoms with Gasteiger partial charge in [-0.15, -0.1) is 0 Å². The maximum absolute atomic E-state index is 10.7. The van der Waals surface area contributed by atoms with E-state index in [-0.39, 0.29) is 23.8 Å². The minimum atomic E-state index is -1.09. The molecular formula is C10H13N3O3. The molecule has 86 valence electrons. The summed E-state index contributed by atoms with van der Waals surface area (Å²) in [6.07, 6.45) is 4.14. The fourth-order valence-electron chi connectivity index (χ4n) is 1.70. The molecule has 0 amide bonds. The van der Waals surface area contributed by atoms with Crippen LogP contribution in [0.3, 0.4) is 0 Å². The van der Waals surface area contributed by atoms with Gasteiger partial charge in [0.2, 0.25) is 5.95 Å². The molecule has 6 heteroatoms. The molecule has 1 aromatic rings. The molecule has 0 unspecified atom stereocenters. The zero-order chi connectivity index (χ0) is 11.6. The molecule has 1 saturated carbocycles. The Balaban J connectivity index is 2.15. The Hall–Kier alpha value is -1.69. The molecule has 1 fully saturated rings. The van der Waals surface area contributed by atoms with E-state index in [4.69, 9.17) is 5.11 Å². The Bertz CT molecular complexity index is 399. The minimum Gasteiger partial charge on any atom is -0.477 e. The molecule has 0 spiro atoms. The predicted octanol–water partition coefficient (Wildman–Crippen LogP) is 0.502. The summed E-state index contributed by atoms with van der Waals surface area (Å²) >= 11 is 0. The van der Waals surface area contributed by atoms with E-state index in [2.05, 4.69) is 15.3 Å². The predicted molar refractivity (Wildman–Crippen MR) is 56.3 cm³/mol. The fourth-order valence-corrected chi connectivity index (χ4v) is 1.70. The molecule has 0 aromatic carbocycles. The number of aromatic nitrogens is 2. The number of carboxylic acid groups (broad SMARTS) is 1. The number of hydrogen-bond donors (Lipinski definition) is 3. The number of anilines is 1. The van der Waals surface area contributed by atoms with Crippen molar-refractivity contribution in [3.63, 3.8) is 0 Å². The topological polar surface area (TPSA) is 95.3 Å². The number of hydrogen-bond acceptors (Lipinski definition) is 5. The lowest BCUT2D eigenvalue weighted by molar-refractivity contribution is 0.0690. The van der Waals surface area contributed by atoms with Crippen LogP contribution in [0.15, 0.2) is 12.3 Å². The molecule has 0 atom stereocenters. The summed E-state index contributed by atoms with van der Waals surface area (Å²) in [6.45, 7) is 0.00760. The summed E-state index contributed by atoms with van der Waals surface area (Å²) in [6, 6.07) is 1.33. The van der Waals surface area contributed by atoms with Crippen LogP contribution in [-0.4, -0.2) is 38.3 Å². The van der Waals surface area contributed by atoms with Crippen LogP contribution in [0, 0.1) is 0 Å². The molecule has 2 rings (SSSR count). The second kappa shape index (κ2) is 4.05.